The number of carbonyl (C=O) groups excluding carboxylic acids is 1. The van der Waals surface area contributed by atoms with E-state index in [0.717, 1.165) is 60.4 Å². The number of hydrogen-bond donors (Lipinski definition) is 2. The lowest BCUT2D eigenvalue weighted by molar-refractivity contribution is -0.138. The van der Waals surface area contributed by atoms with Crippen LogP contribution in [0.1, 0.15) is 28.8 Å². The van der Waals surface area contributed by atoms with Crippen LogP contribution in [0, 0.1) is 0 Å². The number of halogens is 3. The van der Waals surface area contributed by atoms with Crippen molar-refractivity contribution in [3.05, 3.63) is 65.1 Å². The molecular formula is C26H24F3N5O3. The van der Waals surface area contributed by atoms with Gasteiger partial charge in [-0.15, -0.1) is 0 Å². The maximum atomic E-state index is 13.3. The predicted octanol–water partition coefficient (Wildman–Crippen LogP) is 4.71. The summed E-state index contributed by atoms with van der Waals surface area (Å²) in [6, 6.07) is 8.80. The zero-order valence-electron chi connectivity index (χ0n) is 20.1. The molecule has 2 aromatic heterocycles. The largest absolute Gasteiger partial charge is 0.496 e. The topological polar surface area (TPSA) is 104 Å². The fourth-order valence-electron chi connectivity index (χ4n) is 4.89. The Morgan fingerprint density at radius 1 is 1.08 bits per heavy atom. The van der Waals surface area contributed by atoms with Crippen LogP contribution in [0.4, 0.5) is 24.7 Å². The lowest BCUT2D eigenvalue weighted by Gasteiger charge is -2.16. The summed E-state index contributed by atoms with van der Waals surface area (Å²) in [5.74, 6) is 0.0222. The smallest absolute Gasteiger partial charge is 0.420 e. The van der Waals surface area contributed by atoms with Crippen LogP contribution in [-0.2, 0) is 30.2 Å². The lowest BCUT2D eigenvalue weighted by Crippen LogP contribution is -2.16. The molecule has 0 fully saturated rings. The summed E-state index contributed by atoms with van der Waals surface area (Å²) in [5.41, 5.74) is 10.5. The number of ether oxygens (including phenoxy) is 2. The maximum Gasteiger partial charge on any atom is 0.420 e. The summed E-state index contributed by atoms with van der Waals surface area (Å²) in [4.78, 5) is 21.4. The molecule has 5 rings (SSSR count). The van der Waals surface area contributed by atoms with Gasteiger partial charge >= 0.3 is 6.18 Å². The van der Waals surface area contributed by atoms with E-state index < -0.39 is 17.6 Å². The summed E-state index contributed by atoms with van der Waals surface area (Å²) >= 11 is 0. The van der Waals surface area contributed by atoms with Gasteiger partial charge in [0.1, 0.15) is 23.3 Å². The van der Waals surface area contributed by atoms with Gasteiger partial charge in [0, 0.05) is 28.7 Å². The van der Waals surface area contributed by atoms with Crippen molar-refractivity contribution in [1.29, 1.82) is 0 Å². The molecule has 0 bridgehead atoms. The highest BCUT2D eigenvalue weighted by atomic mass is 19.4. The van der Waals surface area contributed by atoms with E-state index in [0.29, 0.717) is 17.1 Å². The zero-order chi connectivity index (χ0) is 26.3. The van der Waals surface area contributed by atoms with Crippen molar-refractivity contribution in [1.82, 2.24) is 14.5 Å². The number of nitrogens with zero attached hydrogens (tertiary/aromatic N) is 3. The number of hydrogen-bond acceptors (Lipinski definition) is 6. The Kier molecular flexibility index (Phi) is 6.14. The number of nitrogen functional groups attached to an aromatic ring is 1. The van der Waals surface area contributed by atoms with Crippen LogP contribution in [0.2, 0.25) is 0 Å². The third-order valence-corrected chi connectivity index (χ3v) is 6.49. The van der Waals surface area contributed by atoms with Gasteiger partial charge in [-0.3, -0.25) is 4.79 Å². The van der Waals surface area contributed by atoms with Crippen LogP contribution in [-0.4, -0.2) is 34.7 Å². The second kappa shape index (κ2) is 9.30. The second-order valence-electron chi connectivity index (χ2n) is 8.70. The van der Waals surface area contributed by atoms with Crippen LogP contribution in [0.3, 0.4) is 0 Å². The van der Waals surface area contributed by atoms with E-state index in [-0.39, 0.29) is 17.9 Å². The molecule has 1 aliphatic carbocycles. The third-order valence-electron chi connectivity index (χ3n) is 6.49. The predicted molar refractivity (Wildman–Crippen MR) is 132 cm³/mol. The van der Waals surface area contributed by atoms with Crippen LogP contribution < -0.4 is 20.5 Å². The first-order chi connectivity index (χ1) is 17.7. The number of methoxy groups -OCH3 is 2. The first kappa shape index (κ1) is 24.4. The highest BCUT2D eigenvalue weighted by Gasteiger charge is 2.34. The molecule has 0 atom stereocenters. The molecule has 37 heavy (non-hydrogen) atoms. The number of amides is 1. The van der Waals surface area contributed by atoms with Crippen molar-refractivity contribution in [2.75, 3.05) is 25.3 Å². The standard InChI is InChI=1S/C26H24F3N5O3/c1-36-20-9-7-15(11-18(20)26(27,28)29)33-22(35)10-14-6-8-16(12-21(14)37-2)34-19-5-3-4-17(19)23-24(34)25(30)32-13-31-23/h6-9,11-13H,3-5,10H2,1-2H3,(H,33,35)(H2,30,31,32). The Morgan fingerprint density at radius 2 is 1.86 bits per heavy atom. The molecule has 0 saturated carbocycles. The van der Waals surface area contributed by atoms with Crippen LogP contribution in [0.15, 0.2) is 42.7 Å². The average Bonchev–Trinajstić information content (AvgIpc) is 3.46. The number of carbonyl (C=O) groups is 1. The fraction of sp³-hybridized carbons (Fsp3) is 0.269. The minimum atomic E-state index is -4.62. The molecule has 0 saturated heterocycles. The van der Waals surface area contributed by atoms with Gasteiger partial charge in [0.2, 0.25) is 5.91 Å². The van der Waals surface area contributed by atoms with Crippen molar-refractivity contribution in [2.45, 2.75) is 31.9 Å². The van der Waals surface area contributed by atoms with Gasteiger partial charge in [0.05, 0.1) is 31.7 Å². The zero-order valence-corrected chi connectivity index (χ0v) is 20.1. The highest BCUT2D eigenvalue weighted by molar-refractivity contribution is 5.93. The SMILES string of the molecule is COc1cc(-n2c3c(c4ncnc(N)c42)CCC3)ccc1CC(=O)Nc1ccc(OC)c(C(F)(F)F)c1. The monoisotopic (exact) mass is 511 g/mol. The van der Waals surface area contributed by atoms with Gasteiger partial charge < -0.3 is 25.1 Å². The summed E-state index contributed by atoms with van der Waals surface area (Å²) in [5, 5.41) is 2.53. The number of fused-ring (bicyclic) bond motifs is 3. The molecule has 192 valence electrons. The van der Waals surface area contributed by atoms with Gasteiger partial charge in [0.25, 0.3) is 0 Å². The van der Waals surface area contributed by atoms with E-state index in [1.165, 1.54) is 25.6 Å². The van der Waals surface area contributed by atoms with Crippen molar-refractivity contribution >= 4 is 28.4 Å². The van der Waals surface area contributed by atoms with Crippen LogP contribution in [0.5, 0.6) is 11.5 Å². The summed E-state index contributed by atoms with van der Waals surface area (Å²) in [6.45, 7) is 0. The first-order valence-electron chi connectivity index (χ1n) is 11.6. The second-order valence-corrected chi connectivity index (χ2v) is 8.70. The van der Waals surface area contributed by atoms with E-state index in [9.17, 15) is 18.0 Å². The van der Waals surface area contributed by atoms with Crippen molar-refractivity contribution < 1.29 is 27.4 Å². The Balaban J connectivity index is 1.43. The molecule has 0 aliphatic heterocycles. The molecular weight excluding hydrogens is 487 g/mol. The number of nitrogens with one attached hydrogen (secondary N) is 1. The minimum Gasteiger partial charge on any atom is -0.496 e. The van der Waals surface area contributed by atoms with Gasteiger partial charge in [-0.2, -0.15) is 13.2 Å². The normalized spacial score (nSPS) is 13.0. The van der Waals surface area contributed by atoms with Crippen molar-refractivity contribution in [3.63, 3.8) is 0 Å². The molecule has 0 spiro atoms. The Bertz CT molecular complexity index is 1510. The number of nitrogens with two attached hydrogens (primary N) is 1. The van der Waals surface area contributed by atoms with Crippen LogP contribution in [0.25, 0.3) is 16.7 Å². The fourth-order valence-corrected chi connectivity index (χ4v) is 4.89. The van der Waals surface area contributed by atoms with Gasteiger partial charge in [-0.1, -0.05) is 6.07 Å². The molecule has 2 aromatic carbocycles. The van der Waals surface area contributed by atoms with E-state index in [1.807, 2.05) is 16.7 Å². The van der Waals surface area contributed by atoms with Crippen LogP contribution >= 0.6 is 0 Å². The van der Waals surface area contributed by atoms with E-state index in [4.69, 9.17) is 15.2 Å². The maximum absolute atomic E-state index is 13.3. The number of benzene rings is 2. The molecule has 0 radical (unpaired) electrons. The minimum absolute atomic E-state index is 0.0126. The number of aryl methyl sites for hydroxylation is 1. The van der Waals surface area contributed by atoms with Crippen molar-refractivity contribution in [2.24, 2.45) is 0 Å². The number of aromatic nitrogens is 3. The van der Waals surface area contributed by atoms with Gasteiger partial charge in [0.15, 0.2) is 5.82 Å². The Labute approximate surface area is 210 Å². The number of anilines is 2. The number of rotatable bonds is 6. The quantitative estimate of drug-likeness (QED) is 0.389. The summed E-state index contributed by atoms with van der Waals surface area (Å²) in [7, 11) is 2.65. The van der Waals surface area contributed by atoms with Crippen molar-refractivity contribution in [3.8, 4) is 17.2 Å². The Morgan fingerprint density at radius 3 is 2.59 bits per heavy atom. The number of alkyl halides is 3. The Hall–Kier alpha value is -4.28. The van der Waals surface area contributed by atoms with Gasteiger partial charge in [-0.05, 0) is 49.1 Å². The molecule has 4 aromatic rings. The van der Waals surface area contributed by atoms with E-state index in [2.05, 4.69) is 15.3 Å². The summed E-state index contributed by atoms with van der Waals surface area (Å²) in [6.07, 6.45) is -0.467. The molecule has 0 unspecified atom stereocenters. The molecule has 8 nitrogen and oxygen atoms in total. The lowest BCUT2D eigenvalue weighted by atomic mass is 10.1. The highest BCUT2D eigenvalue weighted by Crippen LogP contribution is 2.39. The molecule has 3 N–H and O–H groups in total. The van der Waals surface area contributed by atoms with E-state index in [1.54, 1.807) is 6.07 Å². The molecule has 1 aliphatic rings. The average molecular weight is 512 g/mol. The molecule has 1 amide bonds. The third kappa shape index (κ3) is 4.41. The molecule has 11 heteroatoms. The summed E-state index contributed by atoms with van der Waals surface area (Å²) < 4.78 is 52.4. The van der Waals surface area contributed by atoms with Gasteiger partial charge in [-0.25, -0.2) is 9.97 Å². The molecule has 2 heterocycles. The van der Waals surface area contributed by atoms with E-state index >= 15 is 0 Å². The first-order valence-corrected chi connectivity index (χ1v) is 11.6.